The Kier molecular flexibility index (Phi) is 5.53. The van der Waals surface area contributed by atoms with Gasteiger partial charge in [0.05, 0.1) is 12.1 Å². The van der Waals surface area contributed by atoms with Gasteiger partial charge in [-0.15, -0.1) is 0 Å². The molecular formula is C10H23N3O. The average Bonchev–Trinajstić information content (AvgIpc) is 2.11. The van der Waals surface area contributed by atoms with Gasteiger partial charge in [0.2, 0.25) is 0 Å². The molecule has 0 aromatic heterocycles. The molecule has 3 N–H and O–H groups in total. The van der Waals surface area contributed by atoms with Crippen LogP contribution in [0.25, 0.3) is 0 Å². The lowest BCUT2D eigenvalue weighted by Gasteiger charge is -2.20. The number of hydrogen-bond donors (Lipinski definition) is 2. The molecule has 0 aromatic carbocycles. The fraction of sp³-hybridized carbons (Fsp3) is 0.900. The van der Waals surface area contributed by atoms with Crippen molar-refractivity contribution in [1.82, 2.24) is 5.32 Å². The third-order valence-electron chi connectivity index (χ3n) is 1.87. The Labute approximate surface area is 86.9 Å². The predicted molar refractivity (Wildman–Crippen MR) is 60.4 cm³/mol. The van der Waals surface area contributed by atoms with Gasteiger partial charge in [-0.25, -0.2) is 0 Å². The van der Waals surface area contributed by atoms with Crippen LogP contribution in [0, 0.1) is 5.92 Å². The Bertz CT molecular complexity index is 188. The smallest absolute Gasteiger partial charge is 0.188 e. The lowest BCUT2D eigenvalue weighted by molar-refractivity contribution is 0.0311. The van der Waals surface area contributed by atoms with Crippen molar-refractivity contribution in [2.75, 3.05) is 20.2 Å². The van der Waals surface area contributed by atoms with Gasteiger partial charge in [-0.1, -0.05) is 13.8 Å². The van der Waals surface area contributed by atoms with Gasteiger partial charge in [0, 0.05) is 13.7 Å². The molecular weight excluding hydrogens is 178 g/mol. The zero-order valence-electron chi connectivity index (χ0n) is 9.92. The number of rotatable bonds is 5. The van der Waals surface area contributed by atoms with Crippen LogP contribution >= 0.6 is 0 Å². The highest BCUT2D eigenvalue weighted by atomic mass is 16.5. The van der Waals surface area contributed by atoms with Crippen LogP contribution in [-0.4, -0.2) is 31.8 Å². The second-order valence-corrected chi connectivity index (χ2v) is 4.44. The molecule has 0 atom stereocenters. The number of nitrogens with one attached hydrogen (secondary N) is 1. The normalized spacial score (nSPS) is 13.4. The minimum Gasteiger partial charge on any atom is -0.377 e. The quantitative estimate of drug-likeness (QED) is 0.515. The Morgan fingerprint density at radius 2 is 2.07 bits per heavy atom. The monoisotopic (exact) mass is 201 g/mol. The van der Waals surface area contributed by atoms with Crippen molar-refractivity contribution in [2.24, 2.45) is 16.6 Å². The van der Waals surface area contributed by atoms with Crippen molar-refractivity contribution in [3.63, 3.8) is 0 Å². The highest BCUT2D eigenvalue weighted by Gasteiger charge is 2.15. The van der Waals surface area contributed by atoms with Crippen molar-refractivity contribution < 1.29 is 4.74 Å². The van der Waals surface area contributed by atoms with E-state index < -0.39 is 0 Å². The first kappa shape index (κ1) is 13.2. The molecule has 0 unspecified atom stereocenters. The first-order valence-electron chi connectivity index (χ1n) is 4.96. The van der Waals surface area contributed by atoms with Crippen molar-refractivity contribution >= 4 is 5.96 Å². The summed E-state index contributed by atoms with van der Waals surface area (Å²) in [6.07, 6.45) is 0. The SMILES string of the molecule is COC(C)(C)CN=C(N)NCC(C)C. The van der Waals surface area contributed by atoms with Crippen molar-refractivity contribution in [3.05, 3.63) is 0 Å². The molecule has 0 aliphatic heterocycles. The molecule has 0 saturated carbocycles. The zero-order valence-corrected chi connectivity index (χ0v) is 9.92. The second kappa shape index (κ2) is 5.86. The molecule has 4 heteroatoms. The summed E-state index contributed by atoms with van der Waals surface area (Å²) in [6.45, 7) is 9.63. The summed E-state index contributed by atoms with van der Waals surface area (Å²) in [6, 6.07) is 0. The molecule has 84 valence electrons. The van der Waals surface area contributed by atoms with E-state index in [1.165, 1.54) is 0 Å². The number of hydrogen-bond acceptors (Lipinski definition) is 2. The highest BCUT2D eigenvalue weighted by Crippen LogP contribution is 2.06. The Morgan fingerprint density at radius 1 is 1.50 bits per heavy atom. The Morgan fingerprint density at radius 3 is 2.50 bits per heavy atom. The van der Waals surface area contributed by atoms with Crippen LogP contribution in [0.5, 0.6) is 0 Å². The molecule has 0 heterocycles. The standard InChI is InChI=1S/C10H23N3O/c1-8(2)6-12-9(11)13-7-10(3,4)14-5/h8H,6-7H2,1-5H3,(H3,11,12,13). The van der Waals surface area contributed by atoms with E-state index in [-0.39, 0.29) is 5.60 Å². The van der Waals surface area contributed by atoms with Crippen LogP contribution in [0.15, 0.2) is 4.99 Å². The largest absolute Gasteiger partial charge is 0.377 e. The number of aliphatic imine (C=N–C) groups is 1. The topological polar surface area (TPSA) is 59.6 Å². The van der Waals surface area contributed by atoms with Gasteiger partial charge in [0.15, 0.2) is 5.96 Å². The first-order valence-corrected chi connectivity index (χ1v) is 4.96. The van der Waals surface area contributed by atoms with E-state index in [4.69, 9.17) is 10.5 Å². The molecule has 14 heavy (non-hydrogen) atoms. The van der Waals surface area contributed by atoms with Crippen LogP contribution in [0.4, 0.5) is 0 Å². The van der Waals surface area contributed by atoms with Crippen LogP contribution in [0.1, 0.15) is 27.7 Å². The zero-order chi connectivity index (χ0) is 11.2. The fourth-order valence-corrected chi connectivity index (χ4v) is 0.705. The van der Waals surface area contributed by atoms with E-state index in [2.05, 4.69) is 24.2 Å². The molecule has 0 fully saturated rings. The molecule has 4 nitrogen and oxygen atoms in total. The van der Waals surface area contributed by atoms with E-state index in [9.17, 15) is 0 Å². The van der Waals surface area contributed by atoms with Crippen LogP contribution in [0.2, 0.25) is 0 Å². The number of ether oxygens (including phenoxy) is 1. The number of guanidine groups is 1. The van der Waals surface area contributed by atoms with Crippen LogP contribution < -0.4 is 11.1 Å². The summed E-state index contributed by atoms with van der Waals surface area (Å²) in [5.74, 6) is 1.06. The van der Waals surface area contributed by atoms with Crippen molar-refractivity contribution in [3.8, 4) is 0 Å². The molecule has 0 spiro atoms. The molecule has 0 aromatic rings. The predicted octanol–water partition coefficient (Wildman–Crippen LogP) is 0.972. The van der Waals surface area contributed by atoms with Crippen molar-refractivity contribution in [1.29, 1.82) is 0 Å². The summed E-state index contributed by atoms with van der Waals surface area (Å²) >= 11 is 0. The van der Waals surface area contributed by atoms with E-state index in [1.807, 2.05) is 13.8 Å². The van der Waals surface area contributed by atoms with Gasteiger partial charge < -0.3 is 15.8 Å². The van der Waals surface area contributed by atoms with Gasteiger partial charge in [0.25, 0.3) is 0 Å². The molecule has 0 aliphatic rings. The molecule has 0 saturated heterocycles. The molecule has 0 bridgehead atoms. The van der Waals surface area contributed by atoms with Crippen molar-refractivity contribution in [2.45, 2.75) is 33.3 Å². The summed E-state index contributed by atoms with van der Waals surface area (Å²) in [7, 11) is 1.67. The summed E-state index contributed by atoms with van der Waals surface area (Å²) in [5.41, 5.74) is 5.42. The van der Waals surface area contributed by atoms with E-state index in [1.54, 1.807) is 7.11 Å². The summed E-state index contributed by atoms with van der Waals surface area (Å²) in [5, 5.41) is 3.05. The van der Waals surface area contributed by atoms with Gasteiger partial charge in [-0.2, -0.15) is 0 Å². The number of nitrogens with zero attached hydrogens (tertiary/aromatic N) is 1. The minimum atomic E-state index is -0.246. The lowest BCUT2D eigenvalue weighted by Crippen LogP contribution is -2.36. The van der Waals surface area contributed by atoms with Gasteiger partial charge in [-0.3, -0.25) is 4.99 Å². The number of methoxy groups -OCH3 is 1. The lowest BCUT2D eigenvalue weighted by atomic mass is 10.1. The van der Waals surface area contributed by atoms with Crippen LogP contribution in [0.3, 0.4) is 0 Å². The molecule has 0 rings (SSSR count). The second-order valence-electron chi connectivity index (χ2n) is 4.44. The van der Waals surface area contributed by atoms with Crippen LogP contribution in [-0.2, 0) is 4.74 Å². The fourth-order valence-electron chi connectivity index (χ4n) is 0.705. The molecule has 0 aliphatic carbocycles. The third-order valence-corrected chi connectivity index (χ3v) is 1.87. The molecule has 0 amide bonds. The van der Waals surface area contributed by atoms with Gasteiger partial charge in [-0.05, 0) is 19.8 Å². The molecule has 0 radical (unpaired) electrons. The maximum atomic E-state index is 5.67. The first-order chi connectivity index (χ1) is 6.37. The maximum Gasteiger partial charge on any atom is 0.188 e. The summed E-state index contributed by atoms with van der Waals surface area (Å²) < 4.78 is 5.22. The minimum absolute atomic E-state index is 0.246. The Hall–Kier alpha value is -0.770. The summed E-state index contributed by atoms with van der Waals surface area (Å²) in [4.78, 5) is 4.20. The third kappa shape index (κ3) is 6.71. The number of nitrogens with two attached hydrogens (primary N) is 1. The highest BCUT2D eigenvalue weighted by molar-refractivity contribution is 5.77. The van der Waals surface area contributed by atoms with Gasteiger partial charge >= 0.3 is 0 Å². The maximum absolute atomic E-state index is 5.67. The van der Waals surface area contributed by atoms with E-state index in [0.29, 0.717) is 18.4 Å². The van der Waals surface area contributed by atoms with E-state index >= 15 is 0 Å². The van der Waals surface area contributed by atoms with E-state index in [0.717, 1.165) is 6.54 Å². The van der Waals surface area contributed by atoms with Gasteiger partial charge in [0.1, 0.15) is 0 Å². The average molecular weight is 201 g/mol. The Balaban J connectivity index is 3.88.